The number of benzene rings is 2. The van der Waals surface area contributed by atoms with Crippen LogP contribution in [-0.2, 0) is 0 Å². The summed E-state index contributed by atoms with van der Waals surface area (Å²) in [6, 6.07) is 17.0. The number of rotatable bonds is 0. The number of hydrogen-bond donors (Lipinski definition) is 0. The van der Waals surface area contributed by atoms with E-state index in [9.17, 15) is 0 Å². The smallest absolute Gasteiger partial charge is 0.149 e. The minimum Gasteiger partial charge on any atom is -0.302 e. The van der Waals surface area contributed by atoms with Crippen LogP contribution in [0.25, 0.3) is 33.2 Å². The van der Waals surface area contributed by atoms with Gasteiger partial charge in [-0.2, -0.15) is 0 Å². The van der Waals surface area contributed by atoms with E-state index in [2.05, 4.69) is 77.4 Å². The van der Waals surface area contributed by atoms with Crippen molar-refractivity contribution in [3.8, 4) is 0 Å². The van der Waals surface area contributed by atoms with Gasteiger partial charge in [0.15, 0.2) is 0 Å². The normalized spacial score (nSPS) is 12.1. The van der Waals surface area contributed by atoms with E-state index in [0.717, 1.165) is 11.2 Å². The molecular weight excluding hydrogens is 270 g/mol. The van der Waals surface area contributed by atoms with Crippen molar-refractivity contribution in [1.82, 2.24) is 13.8 Å². The van der Waals surface area contributed by atoms with Crippen molar-refractivity contribution in [2.45, 2.75) is 13.8 Å². The lowest BCUT2D eigenvalue weighted by atomic mass is 10.2. The number of hydrogen-bond acceptors (Lipinski definition) is 1. The van der Waals surface area contributed by atoms with Gasteiger partial charge in [0.25, 0.3) is 0 Å². The van der Waals surface area contributed by atoms with Crippen molar-refractivity contribution in [3.05, 3.63) is 65.9 Å². The third kappa shape index (κ3) is 1.29. The van der Waals surface area contributed by atoms with Gasteiger partial charge >= 0.3 is 0 Å². The Balaban J connectivity index is 2.27. The summed E-state index contributed by atoms with van der Waals surface area (Å²) in [5.41, 5.74) is 8.21. The van der Waals surface area contributed by atoms with Crippen LogP contribution in [0.2, 0.25) is 0 Å². The molecular formula is C19H15N3. The van der Waals surface area contributed by atoms with Crippen molar-refractivity contribution >= 4 is 33.2 Å². The molecule has 0 spiro atoms. The maximum Gasteiger partial charge on any atom is 0.149 e. The fourth-order valence-electron chi connectivity index (χ4n) is 3.55. The van der Waals surface area contributed by atoms with Gasteiger partial charge in [0, 0.05) is 11.6 Å². The molecule has 0 amide bonds. The predicted molar refractivity (Wildman–Crippen MR) is 90.6 cm³/mol. The molecule has 0 fully saturated rings. The Morgan fingerprint density at radius 3 is 2.64 bits per heavy atom. The first-order valence-electron chi connectivity index (χ1n) is 7.52. The molecule has 2 aromatic carbocycles. The van der Waals surface area contributed by atoms with E-state index in [-0.39, 0.29) is 0 Å². The fraction of sp³-hybridized carbons (Fsp3) is 0.105. The zero-order valence-electron chi connectivity index (χ0n) is 12.5. The molecule has 3 heteroatoms. The zero-order chi connectivity index (χ0) is 14.8. The summed E-state index contributed by atoms with van der Waals surface area (Å²) >= 11 is 0. The Hall–Kier alpha value is -2.81. The van der Waals surface area contributed by atoms with Gasteiger partial charge in [0.2, 0.25) is 0 Å². The van der Waals surface area contributed by atoms with Gasteiger partial charge in [-0.1, -0.05) is 24.3 Å². The predicted octanol–water partition coefficient (Wildman–Crippen LogP) is 4.51. The van der Waals surface area contributed by atoms with Gasteiger partial charge in [0.05, 0.1) is 16.6 Å². The van der Waals surface area contributed by atoms with Crippen LogP contribution in [0.4, 0.5) is 0 Å². The first kappa shape index (κ1) is 11.8. The van der Waals surface area contributed by atoms with Crippen LogP contribution in [0.15, 0.2) is 54.7 Å². The lowest BCUT2D eigenvalue weighted by molar-refractivity contribution is 1.15. The molecule has 22 heavy (non-hydrogen) atoms. The largest absolute Gasteiger partial charge is 0.302 e. The quantitative estimate of drug-likeness (QED) is 0.410. The van der Waals surface area contributed by atoms with Crippen molar-refractivity contribution in [1.29, 1.82) is 0 Å². The number of aryl methyl sites for hydroxylation is 2. The summed E-state index contributed by atoms with van der Waals surface area (Å²) in [6.07, 6.45) is 2.15. The molecule has 0 aliphatic carbocycles. The van der Waals surface area contributed by atoms with Crippen LogP contribution in [0.1, 0.15) is 11.1 Å². The van der Waals surface area contributed by atoms with Crippen LogP contribution in [0.5, 0.6) is 0 Å². The molecule has 0 aliphatic rings. The van der Waals surface area contributed by atoms with E-state index < -0.39 is 0 Å². The Morgan fingerprint density at radius 1 is 0.864 bits per heavy atom. The second kappa shape index (κ2) is 3.89. The highest BCUT2D eigenvalue weighted by molar-refractivity contribution is 6.00. The van der Waals surface area contributed by atoms with Gasteiger partial charge in [-0.3, -0.25) is 4.40 Å². The molecule has 0 atom stereocenters. The summed E-state index contributed by atoms with van der Waals surface area (Å²) < 4.78 is 4.58. The first-order valence-corrected chi connectivity index (χ1v) is 7.52. The van der Waals surface area contributed by atoms with Crippen molar-refractivity contribution in [3.63, 3.8) is 0 Å². The molecule has 3 nitrogen and oxygen atoms in total. The van der Waals surface area contributed by atoms with E-state index in [4.69, 9.17) is 4.98 Å². The molecule has 0 saturated carbocycles. The van der Waals surface area contributed by atoms with Gasteiger partial charge in [0.1, 0.15) is 11.3 Å². The second-order valence-electron chi connectivity index (χ2n) is 5.92. The molecule has 0 aliphatic heterocycles. The Labute approximate surface area is 127 Å². The number of fused-ring (bicyclic) bond motifs is 8. The zero-order valence-corrected chi connectivity index (χ0v) is 12.5. The van der Waals surface area contributed by atoms with Crippen LogP contribution >= 0.6 is 0 Å². The summed E-state index contributed by atoms with van der Waals surface area (Å²) in [4.78, 5) is 4.92. The monoisotopic (exact) mass is 285 g/mol. The molecule has 0 bridgehead atoms. The molecule has 5 rings (SSSR count). The Bertz CT molecular complexity index is 1190. The van der Waals surface area contributed by atoms with Gasteiger partial charge in [-0.05, 0) is 49.2 Å². The third-order valence-corrected chi connectivity index (χ3v) is 4.55. The fourth-order valence-corrected chi connectivity index (χ4v) is 3.55. The lowest BCUT2D eigenvalue weighted by Crippen LogP contribution is -1.98. The van der Waals surface area contributed by atoms with Gasteiger partial charge < -0.3 is 4.40 Å². The molecule has 0 N–H and O–H groups in total. The molecule has 3 aromatic heterocycles. The van der Waals surface area contributed by atoms with Crippen LogP contribution in [-0.4, -0.2) is 13.8 Å². The van der Waals surface area contributed by atoms with E-state index >= 15 is 0 Å². The highest BCUT2D eigenvalue weighted by atomic mass is 15.1. The number of imidazole rings is 1. The summed E-state index contributed by atoms with van der Waals surface area (Å²) in [5.74, 6) is 0. The summed E-state index contributed by atoms with van der Waals surface area (Å²) in [6.45, 7) is 4.31. The molecule has 5 aromatic rings. The average Bonchev–Trinajstić information content (AvgIpc) is 3.09. The van der Waals surface area contributed by atoms with Crippen molar-refractivity contribution < 1.29 is 0 Å². The topological polar surface area (TPSA) is 21.7 Å². The van der Waals surface area contributed by atoms with Crippen LogP contribution < -0.4 is 0 Å². The first-order chi connectivity index (χ1) is 10.8. The van der Waals surface area contributed by atoms with Crippen molar-refractivity contribution in [2.75, 3.05) is 0 Å². The Morgan fingerprint density at radius 2 is 1.73 bits per heavy atom. The summed E-state index contributed by atoms with van der Waals surface area (Å²) in [7, 11) is 0. The standard InChI is InChI=1S/C19H15N3/c1-12-6-5-8-15-17(12)22-18(20-15)14-7-3-4-9-16(14)21-11-10-13(2)19(21)22/h3-11H,1-2H3. The molecule has 3 heterocycles. The number of para-hydroxylation sites is 2. The minimum absolute atomic E-state index is 1.04. The maximum absolute atomic E-state index is 4.92. The molecule has 0 unspecified atom stereocenters. The lowest BCUT2D eigenvalue weighted by Gasteiger charge is -2.09. The average molecular weight is 285 g/mol. The molecule has 0 radical (unpaired) electrons. The SMILES string of the molecule is Cc1cccc2nc3c4ccccc4n4ccc(C)c4n3c12. The highest BCUT2D eigenvalue weighted by Gasteiger charge is 2.15. The van der Waals surface area contributed by atoms with Gasteiger partial charge in [-0.25, -0.2) is 4.98 Å². The number of nitrogens with zero attached hydrogens (tertiary/aromatic N) is 3. The second-order valence-corrected chi connectivity index (χ2v) is 5.92. The maximum atomic E-state index is 4.92. The van der Waals surface area contributed by atoms with E-state index in [1.165, 1.54) is 33.2 Å². The van der Waals surface area contributed by atoms with E-state index in [1.807, 2.05) is 0 Å². The highest BCUT2D eigenvalue weighted by Crippen LogP contribution is 2.30. The summed E-state index contributed by atoms with van der Waals surface area (Å²) in [5, 5.41) is 1.18. The van der Waals surface area contributed by atoms with Crippen molar-refractivity contribution in [2.24, 2.45) is 0 Å². The van der Waals surface area contributed by atoms with Gasteiger partial charge in [-0.15, -0.1) is 0 Å². The minimum atomic E-state index is 1.04. The van der Waals surface area contributed by atoms with Crippen LogP contribution in [0.3, 0.4) is 0 Å². The third-order valence-electron chi connectivity index (χ3n) is 4.55. The number of aromatic nitrogens is 3. The van der Waals surface area contributed by atoms with Crippen LogP contribution in [0, 0.1) is 13.8 Å². The van der Waals surface area contributed by atoms with E-state index in [1.54, 1.807) is 0 Å². The van der Waals surface area contributed by atoms with E-state index in [0.29, 0.717) is 0 Å². The Kier molecular flexibility index (Phi) is 2.09. The molecule has 0 saturated heterocycles. The molecule has 106 valence electrons.